The van der Waals surface area contributed by atoms with E-state index in [2.05, 4.69) is 20.8 Å². The second-order valence-electron chi connectivity index (χ2n) is 12.1. The van der Waals surface area contributed by atoms with Gasteiger partial charge in [0.25, 0.3) is 5.91 Å². The summed E-state index contributed by atoms with van der Waals surface area (Å²) in [6.45, 7) is 6.96. The highest BCUT2D eigenvalue weighted by Gasteiger charge is 2.47. The molecule has 0 radical (unpaired) electrons. The summed E-state index contributed by atoms with van der Waals surface area (Å²) in [4.78, 5) is 43.1. The maximum absolute atomic E-state index is 14.5. The molecule has 1 N–H and O–H groups in total. The Balaban J connectivity index is 1.61. The van der Waals surface area contributed by atoms with E-state index in [9.17, 15) is 19.5 Å². The van der Waals surface area contributed by atoms with Gasteiger partial charge in [-0.1, -0.05) is 50.6 Å². The molecule has 0 aromatic heterocycles. The summed E-state index contributed by atoms with van der Waals surface area (Å²) in [6.07, 6.45) is 0.707. The first-order valence-electron chi connectivity index (χ1n) is 13.9. The zero-order valence-corrected chi connectivity index (χ0v) is 24.2. The van der Waals surface area contributed by atoms with Gasteiger partial charge in [-0.3, -0.25) is 14.4 Å². The van der Waals surface area contributed by atoms with Crippen LogP contribution in [-0.4, -0.2) is 60.1 Å². The van der Waals surface area contributed by atoms with Gasteiger partial charge in [-0.05, 0) is 54.9 Å². The van der Waals surface area contributed by atoms with E-state index in [-0.39, 0.29) is 36.2 Å². The summed E-state index contributed by atoms with van der Waals surface area (Å²) in [6, 6.07) is 11.2. The number of aliphatic carboxylic acids is 1. The molecule has 3 heterocycles. The molecular formula is C31H37ClN2O6. The summed E-state index contributed by atoms with van der Waals surface area (Å²) in [5.41, 5.74) is 3.06. The number of carbonyl (C=O) groups is 3. The van der Waals surface area contributed by atoms with Crippen molar-refractivity contribution in [2.24, 2.45) is 11.3 Å². The van der Waals surface area contributed by atoms with Gasteiger partial charge in [0.1, 0.15) is 18.0 Å². The molecular weight excluding hydrogens is 532 g/mol. The van der Waals surface area contributed by atoms with E-state index in [0.29, 0.717) is 30.2 Å². The van der Waals surface area contributed by atoms with Gasteiger partial charge >= 0.3 is 5.97 Å². The quantitative estimate of drug-likeness (QED) is 0.529. The predicted molar refractivity (Wildman–Crippen MR) is 152 cm³/mol. The van der Waals surface area contributed by atoms with Gasteiger partial charge in [0.2, 0.25) is 5.91 Å². The fourth-order valence-electron chi connectivity index (χ4n) is 6.43. The topological polar surface area (TPSA) is 96.4 Å². The molecule has 4 atom stereocenters. The molecule has 0 bridgehead atoms. The molecule has 8 nitrogen and oxygen atoms in total. The minimum Gasteiger partial charge on any atom is -0.496 e. The van der Waals surface area contributed by atoms with E-state index >= 15 is 0 Å². The number of hydrogen-bond donors (Lipinski definition) is 1. The number of likely N-dealkylation sites (tertiary alicyclic amines) is 1. The number of halogens is 1. The molecule has 1 saturated heterocycles. The van der Waals surface area contributed by atoms with Crippen LogP contribution >= 0.6 is 11.6 Å². The van der Waals surface area contributed by atoms with Gasteiger partial charge in [-0.2, -0.15) is 0 Å². The number of ether oxygens (including phenoxy) is 2. The number of aryl methyl sites for hydroxylation is 1. The highest BCUT2D eigenvalue weighted by Crippen LogP contribution is 2.49. The maximum Gasteiger partial charge on any atom is 0.308 e. The molecule has 2 aromatic rings. The molecule has 0 unspecified atom stereocenters. The summed E-state index contributed by atoms with van der Waals surface area (Å²) in [7, 11) is 1.59. The smallest absolute Gasteiger partial charge is 0.308 e. The van der Waals surface area contributed by atoms with Gasteiger partial charge in [0.05, 0.1) is 25.1 Å². The molecule has 0 saturated carbocycles. The summed E-state index contributed by atoms with van der Waals surface area (Å²) in [5, 5.41) is 10.1. The van der Waals surface area contributed by atoms with Crippen LogP contribution < -0.4 is 9.64 Å². The summed E-state index contributed by atoms with van der Waals surface area (Å²) in [5.74, 6) is -1.45. The van der Waals surface area contributed by atoms with E-state index in [1.807, 2.05) is 41.3 Å². The van der Waals surface area contributed by atoms with Gasteiger partial charge in [0.15, 0.2) is 0 Å². The van der Waals surface area contributed by atoms with E-state index in [1.54, 1.807) is 12.0 Å². The molecule has 2 aromatic carbocycles. The van der Waals surface area contributed by atoms with E-state index in [1.165, 1.54) is 0 Å². The van der Waals surface area contributed by atoms with Crippen molar-refractivity contribution in [1.29, 1.82) is 0 Å². The largest absolute Gasteiger partial charge is 0.496 e. The fourth-order valence-corrected chi connectivity index (χ4v) is 6.68. The number of carbonyl (C=O) groups excluding carboxylic acids is 2. The van der Waals surface area contributed by atoms with Crippen molar-refractivity contribution in [3.8, 4) is 5.75 Å². The van der Waals surface area contributed by atoms with Crippen molar-refractivity contribution in [2.75, 3.05) is 25.1 Å². The lowest BCUT2D eigenvalue weighted by atomic mass is 9.78. The first kappa shape index (κ1) is 28.4. The van der Waals surface area contributed by atoms with Crippen LogP contribution in [0.5, 0.6) is 5.75 Å². The third-order valence-electron chi connectivity index (χ3n) is 8.42. The van der Waals surface area contributed by atoms with Crippen LogP contribution in [0.25, 0.3) is 0 Å². The maximum atomic E-state index is 14.5. The summed E-state index contributed by atoms with van der Waals surface area (Å²) >= 11 is 6.64. The Hall–Kier alpha value is -3.10. The second kappa shape index (κ2) is 11.1. The van der Waals surface area contributed by atoms with Crippen LogP contribution in [0.15, 0.2) is 36.4 Å². The number of benzene rings is 2. The predicted octanol–water partition coefficient (Wildman–Crippen LogP) is 5.24. The first-order chi connectivity index (χ1) is 19.0. The van der Waals surface area contributed by atoms with Gasteiger partial charge in [-0.15, -0.1) is 0 Å². The standard InChI is InChI=1S/C31H37ClN2O6/c1-31(2,3)25-12-11-18-14-20(32)15-22-27(18)34(25)29(36)24(40-28(22)21-9-5-6-10-23(21)39-4)16-26(35)33-13-7-8-19(17-33)30(37)38/h5-6,9-10,14-15,19,24-25,28H,7-8,11-13,16-17H2,1-4H3,(H,37,38)/t19-,24-,25+,28-/m1/s1. The molecule has 0 aliphatic carbocycles. The minimum atomic E-state index is -1.07. The lowest BCUT2D eigenvalue weighted by Gasteiger charge is -2.45. The number of carboxylic acids is 1. The zero-order valence-electron chi connectivity index (χ0n) is 23.5. The zero-order chi connectivity index (χ0) is 28.8. The van der Waals surface area contributed by atoms with E-state index in [4.69, 9.17) is 21.1 Å². The Bertz CT molecular complexity index is 1320. The molecule has 9 heteroatoms. The highest BCUT2D eigenvalue weighted by molar-refractivity contribution is 6.31. The molecule has 2 amide bonds. The Morgan fingerprint density at radius 3 is 2.60 bits per heavy atom. The first-order valence-corrected chi connectivity index (χ1v) is 14.3. The highest BCUT2D eigenvalue weighted by atomic mass is 35.5. The van der Waals surface area contributed by atoms with Crippen molar-refractivity contribution in [1.82, 2.24) is 4.90 Å². The fraction of sp³-hybridized carbons (Fsp3) is 0.516. The molecule has 0 spiro atoms. The Kier molecular flexibility index (Phi) is 7.86. The van der Waals surface area contributed by atoms with Gasteiger partial charge in [0, 0.05) is 35.3 Å². The lowest BCUT2D eigenvalue weighted by molar-refractivity contribution is -0.149. The normalized spacial score (nSPS) is 24.8. The van der Waals surface area contributed by atoms with Crippen molar-refractivity contribution in [3.63, 3.8) is 0 Å². The molecule has 3 aliphatic heterocycles. The number of methoxy groups -OCH3 is 1. The van der Waals surface area contributed by atoms with Crippen LogP contribution in [-0.2, 0) is 25.5 Å². The third-order valence-corrected chi connectivity index (χ3v) is 8.64. The van der Waals surface area contributed by atoms with Crippen LogP contribution in [0.3, 0.4) is 0 Å². The molecule has 3 aliphatic rings. The Morgan fingerprint density at radius 2 is 1.90 bits per heavy atom. The molecule has 5 rings (SSSR count). The van der Waals surface area contributed by atoms with Crippen molar-refractivity contribution < 1.29 is 29.0 Å². The number of hydrogen-bond acceptors (Lipinski definition) is 5. The van der Waals surface area contributed by atoms with Crippen molar-refractivity contribution >= 4 is 35.1 Å². The number of para-hydroxylation sites is 1. The average Bonchev–Trinajstić information content (AvgIpc) is 3.03. The number of carboxylic acid groups (broad SMARTS) is 1. The molecule has 1 fully saturated rings. The second-order valence-corrected chi connectivity index (χ2v) is 12.5. The van der Waals surface area contributed by atoms with Crippen LogP contribution in [0.1, 0.15) is 69.2 Å². The SMILES string of the molecule is COc1ccccc1[C@H]1O[C@H](CC(=O)N2CCC[C@@H](C(=O)O)C2)C(=O)N2c3c(cc(Cl)cc31)CC[C@H]2C(C)(C)C. The van der Waals surface area contributed by atoms with Crippen LogP contribution in [0.2, 0.25) is 5.02 Å². The molecule has 214 valence electrons. The minimum absolute atomic E-state index is 0.114. The van der Waals surface area contributed by atoms with Crippen molar-refractivity contribution in [3.05, 3.63) is 58.1 Å². The van der Waals surface area contributed by atoms with Crippen LogP contribution in [0.4, 0.5) is 5.69 Å². The number of piperidine rings is 1. The monoisotopic (exact) mass is 568 g/mol. The third kappa shape index (κ3) is 5.31. The number of amides is 2. The van der Waals surface area contributed by atoms with Gasteiger partial charge < -0.3 is 24.4 Å². The number of rotatable bonds is 5. The van der Waals surface area contributed by atoms with E-state index in [0.717, 1.165) is 35.2 Å². The average molecular weight is 569 g/mol. The summed E-state index contributed by atoms with van der Waals surface area (Å²) < 4.78 is 12.3. The van der Waals surface area contributed by atoms with Crippen LogP contribution in [0, 0.1) is 11.3 Å². The number of nitrogens with zero attached hydrogens (tertiary/aromatic N) is 2. The van der Waals surface area contributed by atoms with E-state index < -0.39 is 24.1 Å². The molecule has 40 heavy (non-hydrogen) atoms. The van der Waals surface area contributed by atoms with Gasteiger partial charge in [-0.25, -0.2) is 0 Å². The lowest BCUT2D eigenvalue weighted by Crippen LogP contribution is -2.54. The Labute approximate surface area is 240 Å². The van der Waals surface area contributed by atoms with Crippen molar-refractivity contribution in [2.45, 2.75) is 71.1 Å². The Morgan fingerprint density at radius 1 is 1.15 bits per heavy atom. The number of anilines is 1.